The molecule has 1 heterocycles. The minimum Gasteiger partial charge on any atom is -0.268 e. The maximum Gasteiger partial charge on any atom is 0.272 e. The number of carbonyl (C=O) groups is 2. The lowest BCUT2D eigenvalue weighted by molar-refractivity contribution is -0.119. The van der Waals surface area contributed by atoms with Crippen molar-refractivity contribution in [2.45, 2.75) is 19.6 Å². The molecule has 0 unspecified atom stereocenters. The Kier molecular flexibility index (Phi) is 5.36. The second-order valence-electron chi connectivity index (χ2n) is 7.06. The van der Waals surface area contributed by atoms with Crippen LogP contribution in [0.5, 0.6) is 0 Å². The van der Waals surface area contributed by atoms with Gasteiger partial charge in [0, 0.05) is 5.75 Å². The molecular formula is C25H21NO2S. The van der Waals surface area contributed by atoms with Gasteiger partial charge in [-0.25, -0.2) is 4.90 Å². The van der Waals surface area contributed by atoms with Gasteiger partial charge in [-0.05, 0) is 48.2 Å². The first-order valence-electron chi connectivity index (χ1n) is 9.48. The first-order chi connectivity index (χ1) is 14.1. The maximum atomic E-state index is 13.4. The summed E-state index contributed by atoms with van der Waals surface area (Å²) < 4.78 is 0. The average Bonchev–Trinajstić information content (AvgIpc) is 2.99. The fourth-order valence-corrected chi connectivity index (χ4v) is 4.40. The van der Waals surface area contributed by atoms with Crippen LogP contribution in [0.25, 0.3) is 5.57 Å². The van der Waals surface area contributed by atoms with E-state index in [0.717, 1.165) is 22.3 Å². The SMILES string of the molecule is Cc1ccc(C2=C(SCc3ccccc3)C(=O)N(c3ccccc3)C2=O)cc1C. The van der Waals surface area contributed by atoms with E-state index in [1.165, 1.54) is 16.7 Å². The molecule has 3 aromatic rings. The lowest BCUT2D eigenvalue weighted by Gasteiger charge is -2.15. The molecule has 144 valence electrons. The molecule has 0 fully saturated rings. The Morgan fingerprint density at radius 1 is 0.759 bits per heavy atom. The Labute approximate surface area is 175 Å². The third kappa shape index (κ3) is 3.76. The average molecular weight is 400 g/mol. The summed E-state index contributed by atoms with van der Waals surface area (Å²) in [5, 5.41) is 0. The standard InChI is InChI=1S/C25H21NO2S/c1-17-13-14-20(15-18(17)2)22-23(29-16-19-9-5-3-6-10-19)25(28)26(24(22)27)21-11-7-4-8-12-21/h3-15H,16H2,1-2H3. The van der Waals surface area contributed by atoms with E-state index in [-0.39, 0.29) is 11.8 Å². The van der Waals surface area contributed by atoms with Crippen LogP contribution in [0.1, 0.15) is 22.3 Å². The van der Waals surface area contributed by atoms with E-state index in [1.54, 1.807) is 12.1 Å². The van der Waals surface area contributed by atoms with Crippen LogP contribution < -0.4 is 4.90 Å². The molecule has 0 saturated heterocycles. The lowest BCUT2D eigenvalue weighted by atomic mass is 10.0. The van der Waals surface area contributed by atoms with Gasteiger partial charge in [0.2, 0.25) is 0 Å². The van der Waals surface area contributed by atoms with Gasteiger partial charge in [0.1, 0.15) is 0 Å². The van der Waals surface area contributed by atoms with E-state index in [1.807, 2.05) is 80.6 Å². The highest BCUT2D eigenvalue weighted by atomic mass is 32.2. The van der Waals surface area contributed by atoms with Gasteiger partial charge in [0.25, 0.3) is 11.8 Å². The number of hydrogen-bond donors (Lipinski definition) is 0. The van der Waals surface area contributed by atoms with Crippen molar-refractivity contribution in [1.29, 1.82) is 0 Å². The number of benzene rings is 3. The molecule has 0 bridgehead atoms. The topological polar surface area (TPSA) is 37.4 Å². The number of imide groups is 1. The predicted molar refractivity (Wildman–Crippen MR) is 120 cm³/mol. The van der Waals surface area contributed by atoms with Crippen molar-refractivity contribution in [1.82, 2.24) is 0 Å². The molecule has 4 heteroatoms. The molecular weight excluding hydrogens is 378 g/mol. The molecule has 29 heavy (non-hydrogen) atoms. The van der Waals surface area contributed by atoms with Crippen LogP contribution in [-0.2, 0) is 15.3 Å². The quantitative estimate of drug-likeness (QED) is 0.530. The monoisotopic (exact) mass is 399 g/mol. The molecule has 1 aliphatic heterocycles. The van der Waals surface area contributed by atoms with E-state index < -0.39 is 0 Å². The normalized spacial score (nSPS) is 14.1. The molecule has 0 aromatic heterocycles. The molecule has 2 amide bonds. The number of carbonyl (C=O) groups excluding carboxylic acids is 2. The summed E-state index contributed by atoms with van der Waals surface area (Å²) in [6.07, 6.45) is 0. The number of hydrogen-bond acceptors (Lipinski definition) is 3. The third-order valence-electron chi connectivity index (χ3n) is 5.08. The van der Waals surface area contributed by atoms with Crippen LogP contribution in [0.2, 0.25) is 0 Å². The Balaban J connectivity index is 1.77. The summed E-state index contributed by atoms with van der Waals surface area (Å²) in [6, 6.07) is 25.0. The Hall–Kier alpha value is -3.11. The van der Waals surface area contributed by atoms with Crippen LogP contribution in [0, 0.1) is 13.8 Å². The fourth-order valence-electron chi connectivity index (χ4n) is 3.34. The minimum absolute atomic E-state index is 0.254. The molecule has 0 N–H and O–H groups in total. The Morgan fingerprint density at radius 3 is 2.07 bits per heavy atom. The highest BCUT2D eigenvalue weighted by Crippen LogP contribution is 2.39. The van der Waals surface area contributed by atoms with Crippen molar-refractivity contribution in [2.24, 2.45) is 0 Å². The molecule has 0 atom stereocenters. The molecule has 1 aliphatic rings. The number of para-hydroxylation sites is 1. The number of amides is 2. The smallest absolute Gasteiger partial charge is 0.268 e. The predicted octanol–water partition coefficient (Wildman–Crippen LogP) is 5.52. The third-order valence-corrected chi connectivity index (χ3v) is 6.22. The van der Waals surface area contributed by atoms with Crippen LogP contribution in [0.3, 0.4) is 0 Å². The van der Waals surface area contributed by atoms with E-state index in [4.69, 9.17) is 0 Å². The van der Waals surface area contributed by atoms with Gasteiger partial charge in [-0.1, -0.05) is 66.7 Å². The molecule has 0 saturated carbocycles. The van der Waals surface area contributed by atoms with E-state index >= 15 is 0 Å². The van der Waals surface area contributed by atoms with Gasteiger partial charge in [-0.3, -0.25) is 9.59 Å². The number of nitrogens with zero attached hydrogens (tertiary/aromatic N) is 1. The van der Waals surface area contributed by atoms with Crippen LogP contribution in [0.15, 0.2) is 83.8 Å². The Bertz CT molecular complexity index is 1100. The number of rotatable bonds is 5. The number of aryl methyl sites for hydroxylation is 2. The summed E-state index contributed by atoms with van der Waals surface area (Å²) in [6.45, 7) is 4.06. The van der Waals surface area contributed by atoms with E-state index in [0.29, 0.717) is 21.9 Å². The highest BCUT2D eigenvalue weighted by molar-refractivity contribution is 8.03. The van der Waals surface area contributed by atoms with Gasteiger partial charge in [-0.2, -0.15) is 0 Å². The first-order valence-corrected chi connectivity index (χ1v) is 10.5. The van der Waals surface area contributed by atoms with Crippen LogP contribution in [0.4, 0.5) is 5.69 Å². The lowest BCUT2D eigenvalue weighted by Crippen LogP contribution is -2.31. The van der Waals surface area contributed by atoms with Crippen molar-refractivity contribution in [2.75, 3.05) is 4.90 Å². The fraction of sp³-hybridized carbons (Fsp3) is 0.120. The van der Waals surface area contributed by atoms with Crippen LogP contribution in [-0.4, -0.2) is 11.8 Å². The number of anilines is 1. The van der Waals surface area contributed by atoms with Gasteiger partial charge in [-0.15, -0.1) is 11.8 Å². The van der Waals surface area contributed by atoms with Crippen molar-refractivity contribution in [3.05, 3.63) is 106 Å². The molecule has 4 rings (SSSR count). The number of thioether (sulfide) groups is 1. The summed E-state index contributed by atoms with van der Waals surface area (Å²) in [5.41, 5.74) is 5.25. The highest BCUT2D eigenvalue weighted by Gasteiger charge is 2.40. The van der Waals surface area contributed by atoms with Crippen molar-refractivity contribution < 1.29 is 9.59 Å². The van der Waals surface area contributed by atoms with Gasteiger partial charge in [0.05, 0.1) is 16.2 Å². The zero-order valence-corrected chi connectivity index (χ0v) is 17.2. The minimum atomic E-state index is -0.264. The van der Waals surface area contributed by atoms with E-state index in [2.05, 4.69) is 0 Å². The molecule has 3 aromatic carbocycles. The van der Waals surface area contributed by atoms with Crippen LogP contribution >= 0.6 is 11.8 Å². The second-order valence-corrected chi connectivity index (χ2v) is 8.04. The Morgan fingerprint density at radius 2 is 1.41 bits per heavy atom. The van der Waals surface area contributed by atoms with Gasteiger partial charge in [0.15, 0.2) is 0 Å². The molecule has 0 aliphatic carbocycles. The van der Waals surface area contributed by atoms with Gasteiger partial charge < -0.3 is 0 Å². The van der Waals surface area contributed by atoms with Crippen molar-refractivity contribution >= 4 is 34.8 Å². The van der Waals surface area contributed by atoms with Gasteiger partial charge >= 0.3 is 0 Å². The zero-order valence-electron chi connectivity index (χ0n) is 16.4. The molecule has 0 spiro atoms. The summed E-state index contributed by atoms with van der Waals surface area (Å²) in [5.74, 6) is 0.113. The summed E-state index contributed by atoms with van der Waals surface area (Å²) in [4.78, 5) is 28.5. The summed E-state index contributed by atoms with van der Waals surface area (Å²) in [7, 11) is 0. The van der Waals surface area contributed by atoms with E-state index in [9.17, 15) is 9.59 Å². The van der Waals surface area contributed by atoms with Crippen molar-refractivity contribution in [3.8, 4) is 0 Å². The molecule has 0 radical (unpaired) electrons. The summed E-state index contributed by atoms with van der Waals surface area (Å²) >= 11 is 1.43. The molecule has 3 nitrogen and oxygen atoms in total. The zero-order chi connectivity index (χ0) is 20.4. The maximum absolute atomic E-state index is 13.4. The largest absolute Gasteiger partial charge is 0.272 e. The van der Waals surface area contributed by atoms with Crippen molar-refractivity contribution in [3.63, 3.8) is 0 Å². The first kappa shape index (κ1) is 19.2. The second kappa shape index (κ2) is 8.10.